The van der Waals surface area contributed by atoms with Crippen molar-refractivity contribution in [3.63, 3.8) is 0 Å². The van der Waals surface area contributed by atoms with Gasteiger partial charge >= 0.3 is 6.09 Å². The first-order valence-electron chi connectivity index (χ1n) is 5.05. The number of nitrogens with zero attached hydrogens (tertiary/aromatic N) is 1. The van der Waals surface area contributed by atoms with Crippen LogP contribution in [-0.4, -0.2) is 30.2 Å². The Labute approximate surface area is 121 Å². The number of hydrogen-bond acceptors (Lipinski definition) is 3. The highest BCUT2D eigenvalue weighted by Crippen LogP contribution is 2.33. The molecule has 0 fully saturated rings. The Kier molecular flexibility index (Phi) is 5.38. The summed E-state index contributed by atoms with van der Waals surface area (Å²) in [6.45, 7) is 0. The summed E-state index contributed by atoms with van der Waals surface area (Å²) in [5, 5.41) is 2.47. The number of anilines is 1. The Balaban J connectivity index is 2.93. The first-order valence-corrected chi connectivity index (χ1v) is 6.18. The third-order valence-corrected chi connectivity index (χ3v) is 2.92. The number of alkyl carbamates (subject to hydrolysis) is 1. The minimum absolute atomic E-state index is 0.672. The van der Waals surface area contributed by atoms with E-state index < -0.39 is 16.1 Å². The highest BCUT2D eigenvalue weighted by molar-refractivity contribution is 6.68. The molecule has 1 atom stereocenters. The molecule has 18 heavy (non-hydrogen) atoms. The maximum atomic E-state index is 11.3. The maximum absolute atomic E-state index is 11.3. The Morgan fingerprint density at radius 1 is 1.33 bits per heavy atom. The highest BCUT2D eigenvalue weighted by Gasteiger charge is 2.37. The van der Waals surface area contributed by atoms with Crippen molar-refractivity contribution in [1.82, 2.24) is 5.32 Å². The second kappa shape index (κ2) is 6.36. The number of hydrogen-bond donors (Lipinski definition) is 1. The summed E-state index contributed by atoms with van der Waals surface area (Å²) in [7, 11) is 2.95. The summed E-state index contributed by atoms with van der Waals surface area (Å²) in [6.07, 6.45) is -1.52. The third kappa shape index (κ3) is 4.12. The van der Waals surface area contributed by atoms with Crippen LogP contribution in [0.3, 0.4) is 0 Å². The number of alkyl halides is 3. The predicted molar refractivity (Wildman–Crippen MR) is 74.5 cm³/mol. The van der Waals surface area contributed by atoms with Gasteiger partial charge in [-0.3, -0.25) is 5.32 Å². The van der Waals surface area contributed by atoms with Crippen LogP contribution in [0.4, 0.5) is 10.5 Å². The van der Waals surface area contributed by atoms with Crippen molar-refractivity contribution in [2.24, 2.45) is 0 Å². The minimum atomic E-state index is -1.70. The maximum Gasteiger partial charge on any atom is 0.408 e. The molecule has 0 spiro atoms. The van der Waals surface area contributed by atoms with Crippen LogP contribution >= 0.6 is 34.8 Å². The summed E-state index contributed by atoms with van der Waals surface area (Å²) >= 11 is 17.6. The number of carbonyl (C=O) groups is 1. The zero-order valence-corrected chi connectivity index (χ0v) is 12.1. The average Bonchev–Trinajstić information content (AvgIpc) is 2.34. The van der Waals surface area contributed by atoms with Crippen molar-refractivity contribution < 1.29 is 9.53 Å². The van der Waals surface area contributed by atoms with Gasteiger partial charge in [-0.15, -0.1) is 0 Å². The molecule has 0 saturated carbocycles. The van der Waals surface area contributed by atoms with Gasteiger partial charge in [0, 0.05) is 12.7 Å². The lowest BCUT2D eigenvalue weighted by Gasteiger charge is -2.34. The number of nitrogens with one attached hydrogen (secondary N) is 1. The molecule has 0 aliphatic rings. The highest BCUT2D eigenvalue weighted by atomic mass is 35.6. The van der Waals surface area contributed by atoms with E-state index in [0.29, 0.717) is 0 Å². The molecule has 0 unspecified atom stereocenters. The van der Waals surface area contributed by atoms with Gasteiger partial charge in [-0.25, -0.2) is 4.79 Å². The molecule has 100 valence electrons. The quantitative estimate of drug-likeness (QED) is 0.688. The van der Waals surface area contributed by atoms with Gasteiger partial charge in [0.05, 0.1) is 7.11 Å². The lowest BCUT2D eigenvalue weighted by Crippen LogP contribution is -2.54. The van der Waals surface area contributed by atoms with E-state index in [9.17, 15) is 4.79 Å². The normalized spacial score (nSPS) is 12.7. The van der Waals surface area contributed by atoms with Crippen LogP contribution in [-0.2, 0) is 4.74 Å². The van der Waals surface area contributed by atoms with Gasteiger partial charge in [-0.2, -0.15) is 0 Å². The van der Waals surface area contributed by atoms with E-state index in [4.69, 9.17) is 34.8 Å². The second-order valence-electron chi connectivity index (χ2n) is 3.53. The molecule has 0 aromatic heterocycles. The fourth-order valence-electron chi connectivity index (χ4n) is 1.38. The molecule has 4 nitrogen and oxygen atoms in total. The third-order valence-electron chi connectivity index (χ3n) is 2.30. The number of para-hydroxylation sites is 1. The monoisotopic (exact) mass is 310 g/mol. The Hall–Kier alpha value is -0.840. The first kappa shape index (κ1) is 15.2. The number of ether oxygens (including phenoxy) is 1. The lowest BCUT2D eigenvalue weighted by molar-refractivity contribution is 0.166. The summed E-state index contributed by atoms with van der Waals surface area (Å²) in [5.74, 6) is 0. The van der Waals surface area contributed by atoms with E-state index in [-0.39, 0.29) is 0 Å². The molecule has 1 N–H and O–H groups in total. The molecule has 1 amide bonds. The van der Waals surface area contributed by atoms with Gasteiger partial charge < -0.3 is 9.64 Å². The summed E-state index contributed by atoms with van der Waals surface area (Å²) in [5.41, 5.74) is 0.797. The lowest BCUT2D eigenvalue weighted by atomic mass is 10.3. The van der Waals surface area contributed by atoms with E-state index in [1.807, 2.05) is 30.3 Å². The average molecular weight is 312 g/mol. The van der Waals surface area contributed by atoms with Crippen LogP contribution in [0.1, 0.15) is 0 Å². The van der Waals surface area contributed by atoms with Gasteiger partial charge in [-0.1, -0.05) is 53.0 Å². The standard InChI is InChI=1S/C11H13Cl3N2O2/c1-16(8-6-4-3-5-7-8)9(11(12,13)14)15-10(17)18-2/h3-7,9H,1-2H3,(H,15,17)/t9-/m1/s1. The van der Waals surface area contributed by atoms with Gasteiger partial charge in [-0.05, 0) is 12.1 Å². The summed E-state index contributed by atoms with van der Waals surface area (Å²) in [4.78, 5) is 12.9. The zero-order valence-electron chi connectivity index (χ0n) is 9.86. The van der Waals surface area contributed by atoms with E-state index in [0.717, 1.165) is 5.69 Å². The fourth-order valence-corrected chi connectivity index (χ4v) is 1.98. The first-order chi connectivity index (χ1) is 8.36. The van der Waals surface area contributed by atoms with Crippen molar-refractivity contribution in [1.29, 1.82) is 0 Å². The zero-order chi connectivity index (χ0) is 13.8. The molecular formula is C11H13Cl3N2O2. The number of carbonyl (C=O) groups excluding carboxylic acids is 1. The van der Waals surface area contributed by atoms with Gasteiger partial charge in [0.25, 0.3) is 0 Å². The van der Waals surface area contributed by atoms with Gasteiger partial charge in [0.1, 0.15) is 0 Å². The number of rotatable bonds is 3. The number of methoxy groups -OCH3 is 1. The van der Waals surface area contributed by atoms with E-state index in [1.54, 1.807) is 11.9 Å². The van der Waals surface area contributed by atoms with Crippen molar-refractivity contribution in [3.05, 3.63) is 30.3 Å². The molecule has 0 bridgehead atoms. The van der Waals surface area contributed by atoms with E-state index in [1.165, 1.54) is 7.11 Å². The molecular weight excluding hydrogens is 298 g/mol. The van der Waals surface area contributed by atoms with Crippen molar-refractivity contribution in [2.75, 3.05) is 19.1 Å². The largest absolute Gasteiger partial charge is 0.453 e. The minimum Gasteiger partial charge on any atom is -0.453 e. The Bertz CT molecular complexity index is 395. The second-order valence-corrected chi connectivity index (χ2v) is 5.90. The number of benzene rings is 1. The van der Waals surface area contributed by atoms with Crippen molar-refractivity contribution in [2.45, 2.75) is 9.96 Å². The topological polar surface area (TPSA) is 41.6 Å². The predicted octanol–water partition coefficient (Wildman–Crippen LogP) is 3.18. The molecule has 1 rings (SSSR count). The van der Waals surface area contributed by atoms with Crippen molar-refractivity contribution in [3.8, 4) is 0 Å². The van der Waals surface area contributed by atoms with Gasteiger partial charge in [0.15, 0.2) is 6.17 Å². The van der Waals surface area contributed by atoms with Crippen LogP contribution in [0.5, 0.6) is 0 Å². The fraction of sp³-hybridized carbons (Fsp3) is 0.364. The van der Waals surface area contributed by atoms with Crippen LogP contribution < -0.4 is 10.2 Å². The van der Waals surface area contributed by atoms with Crippen LogP contribution in [0, 0.1) is 0 Å². The Morgan fingerprint density at radius 2 is 1.89 bits per heavy atom. The van der Waals surface area contributed by atoms with Gasteiger partial charge in [0.2, 0.25) is 3.79 Å². The molecule has 0 saturated heterocycles. The van der Waals surface area contributed by atoms with E-state index in [2.05, 4.69) is 10.1 Å². The molecule has 1 aromatic rings. The Morgan fingerprint density at radius 3 is 2.33 bits per heavy atom. The van der Waals surface area contributed by atoms with E-state index >= 15 is 0 Å². The molecule has 1 aromatic carbocycles. The number of amides is 1. The van der Waals surface area contributed by atoms with Crippen LogP contribution in [0.15, 0.2) is 30.3 Å². The summed E-state index contributed by atoms with van der Waals surface area (Å²) < 4.78 is 2.81. The molecule has 0 aliphatic carbocycles. The van der Waals surface area contributed by atoms with Crippen molar-refractivity contribution >= 4 is 46.6 Å². The molecule has 0 radical (unpaired) electrons. The smallest absolute Gasteiger partial charge is 0.408 e. The molecule has 7 heteroatoms. The molecule has 0 heterocycles. The summed E-state index contributed by atoms with van der Waals surface area (Å²) in [6, 6.07) is 9.24. The SMILES string of the molecule is COC(=O)N[C@H](N(C)c1ccccc1)C(Cl)(Cl)Cl. The number of halogens is 3. The molecule has 0 aliphatic heterocycles. The van der Waals surface area contributed by atoms with Crippen LogP contribution in [0.25, 0.3) is 0 Å². The van der Waals surface area contributed by atoms with Crippen LogP contribution in [0.2, 0.25) is 0 Å².